The summed E-state index contributed by atoms with van der Waals surface area (Å²) in [5.41, 5.74) is 0.326. The molecule has 0 aliphatic rings. The fourth-order valence-corrected chi connectivity index (χ4v) is 2.19. The molecule has 0 heterocycles. The molecule has 0 aliphatic carbocycles. The summed E-state index contributed by atoms with van der Waals surface area (Å²) in [4.78, 5) is 0. The number of nitrogens with one attached hydrogen (secondary N) is 1. The first-order chi connectivity index (χ1) is 8.97. The van der Waals surface area contributed by atoms with E-state index >= 15 is 0 Å². The van der Waals surface area contributed by atoms with Crippen LogP contribution in [0.3, 0.4) is 0 Å². The van der Waals surface area contributed by atoms with E-state index in [0.717, 1.165) is 12.1 Å². The van der Waals surface area contributed by atoms with Crippen molar-refractivity contribution in [2.45, 2.75) is 17.9 Å². The Labute approximate surface area is 112 Å². The number of anilines is 1. The standard InChI is InChI=1S/C11H10F5NO2S/c1-2-8-3-5-9(6-4-8)17-20(18,19)11(15,16)7-10(12,13)14/h2-6,17H,1,7H2. The Balaban J connectivity index is 2.95. The van der Waals surface area contributed by atoms with Crippen molar-refractivity contribution in [3.05, 3.63) is 36.4 Å². The van der Waals surface area contributed by atoms with Gasteiger partial charge in [-0.15, -0.1) is 0 Å². The number of hydrogen-bond acceptors (Lipinski definition) is 2. The molecule has 0 radical (unpaired) electrons. The lowest BCUT2D eigenvalue weighted by Crippen LogP contribution is -2.38. The summed E-state index contributed by atoms with van der Waals surface area (Å²) < 4.78 is 86.1. The minimum absolute atomic E-state index is 0.266. The van der Waals surface area contributed by atoms with Crippen LogP contribution in [0.5, 0.6) is 0 Å². The Hall–Kier alpha value is -1.64. The number of hydrogen-bond donors (Lipinski definition) is 1. The van der Waals surface area contributed by atoms with E-state index in [1.165, 1.54) is 22.9 Å². The van der Waals surface area contributed by atoms with Gasteiger partial charge in [0.1, 0.15) is 6.42 Å². The van der Waals surface area contributed by atoms with Gasteiger partial charge >= 0.3 is 11.4 Å². The Morgan fingerprint density at radius 3 is 2.00 bits per heavy atom. The van der Waals surface area contributed by atoms with E-state index in [-0.39, 0.29) is 5.69 Å². The molecule has 1 aromatic carbocycles. The number of sulfonamides is 1. The molecule has 112 valence electrons. The van der Waals surface area contributed by atoms with Crippen LogP contribution in [-0.4, -0.2) is 19.8 Å². The van der Waals surface area contributed by atoms with Gasteiger partial charge in [0, 0.05) is 5.69 Å². The third-order valence-corrected chi connectivity index (χ3v) is 3.63. The van der Waals surface area contributed by atoms with Crippen LogP contribution in [-0.2, 0) is 10.0 Å². The maximum atomic E-state index is 13.1. The predicted octanol–water partition coefficient (Wildman–Crippen LogP) is 3.62. The highest BCUT2D eigenvalue weighted by molar-refractivity contribution is 7.93. The van der Waals surface area contributed by atoms with Crippen LogP contribution in [0.1, 0.15) is 12.0 Å². The van der Waals surface area contributed by atoms with E-state index in [9.17, 15) is 30.4 Å². The highest BCUT2D eigenvalue weighted by Crippen LogP contribution is 2.36. The van der Waals surface area contributed by atoms with Crippen LogP contribution in [0.4, 0.5) is 27.6 Å². The van der Waals surface area contributed by atoms with E-state index in [2.05, 4.69) is 6.58 Å². The summed E-state index contributed by atoms with van der Waals surface area (Å²) in [7, 11) is -5.49. The van der Waals surface area contributed by atoms with Crippen molar-refractivity contribution < 1.29 is 30.4 Å². The van der Waals surface area contributed by atoms with Crippen molar-refractivity contribution in [3.63, 3.8) is 0 Å². The second kappa shape index (κ2) is 5.39. The van der Waals surface area contributed by atoms with Gasteiger partial charge in [0.15, 0.2) is 0 Å². The topological polar surface area (TPSA) is 46.2 Å². The molecule has 0 atom stereocenters. The second-order valence-corrected chi connectivity index (χ2v) is 5.67. The Morgan fingerprint density at radius 1 is 1.10 bits per heavy atom. The van der Waals surface area contributed by atoms with Gasteiger partial charge in [-0.05, 0) is 17.7 Å². The molecule has 1 aromatic rings. The van der Waals surface area contributed by atoms with E-state index in [0.29, 0.717) is 5.56 Å². The van der Waals surface area contributed by atoms with Crippen molar-refractivity contribution in [1.29, 1.82) is 0 Å². The van der Waals surface area contributed by atoms with E-state index in [4.69, 9.17) is 0 Å². The van der Waals surface area contributed by atoms with Crippen molar-refractivity contribution >= 4 is 21.8 Å². The first-order valence-electron chi connectivity index (χ1n) is 5.16. The molecule has 0 aromatic heterocycles. The zero-order valence-electron chi connectivity index (χ0n) is 9.92. The zero-order chi connectivity index (χ0) is 15.6. The van der Waals surface area contributed by atoms with Crippen molar-refractivity contribution in [1.82, 2.24) is 0 Å². The summed E-state index contributed by atoms with van der Waals surface area (Å²) in [5.74, 6) is 0. The monoisotopic (exact) mass is 315 g/mol. The van der Waals surface area contributed by atoms with E-state index in [1.54, 1.807) is 0 Å². The molecular weight excluding hydrogens is 305 g/mol. The van der Waals surface area contributed by atoms with Crippen molar-refractivity contribution in [2.24, 2.45) is 0 Å². The fraction of sp³-hybridized carbons (Fsp3) is 0.273. The van der Waals surface area contributed by atoms with Crippen LogP contribution in [0.25, 0.3) is 6.08 Å². The highest BCUT2D eigenvalue weighted by Gasteiger charge is 2.53. The summed E-state index contributed by atoms with van der Waals surface area (Å²) >= 11 is 0. The van der Waals surface area contributed by atoms with Crippen LogP contribution >= 0.6 is 0 Å². The molecule has 0 fully saturated rings. The molecule has 9 heteroatoms. The van der Waals surface area contributed by atoms with Gasteiger partial charge in [0.2, 0.25) is 0 Å². The Morgan fingerprint density at radius 2 is 1.60 bits per heavy atom. The minimum Gasteiger partial charge on any atom is -0.279 e. The van der Waals surface area contributed by atoms with E-state index < -0.39 is 27.9 Å². The zero-order valence-corrected chi connectivity index (χ0v) is 10.7. The average molecular weight is 315 g/mol. The molecule has 0 unspecified atom stereocenters. The summed E-state index contributed by atoms with van der Waals surface area (Å²) in [6.07, 6.45) is -6.62. The lowest BCUT2D eigenvalue weighted by Gasteiger charge is -2.19. The SMILES string of the molecule is C=Cc1ccc(NS(=O)(=O)C(F)(F)CC(F)(F)F)cc1. The normalized spacial score (nSPS) is 13.1. The molecule has 1 rings (SSSR count). The lowest BCUT2D eigenvalue weighted by atomic mass is 10.2. The number of halogens is 5. The quantitative estimate of drug-likeness (QED) is 0.844. The Kier molecular flexibility index (Phi) is 4.42. The molecule has 0 saturated carbocycles. The van der Waals surface area contributed by atoms with Crippen molar-refractivity contribution in [2.75, 3.05) is 4.72 Å². The third kappa shape index (κ3) is 4.19. The molecular formula is C11H10F5NO2S. The predicted molar refractivity (Wildman–Crippen MR) is 64.7 cm³/mol. The number of rotatable bonds is 5. The maximum Gasteiger partial charge on any atom is 0.396 e. The first-order valence-corrected chi connectivity index (χ1v) is 6.65. The first kappa shape index (κ1) is 16.4. The smallest absolute Gasteiger partial charge is 0.279 e. The maximum absolute atomic E-state index is 13.1. The molecule has 3 nitrogen and oxygen atoms in total. The molecule has 0 amide bonds. The molecule has 1 N–H and O–H groups in total. The molecule has 20 heavy (non-hydrogen) atoms. The van der Waals surface area contributed by atoms with Gasteiger partial charge in [0.05, 0.1) is 0 Å². The van der Waals surface area contributed by atoms with Crippen LogP contribution in [0.2, 0.25) is 0 Å². The summed E-state index contributed by atoms with van der Waals surface area (Å²) in [5, 5.41) is -4.96. The second-order valence-electron chi connectivity index (χ2n) is 3.86. The third-order valence-electron chi connectivity index (χ3n) is 2.20. The number of benzene rings is 1. The van der Waals surface area contributed by atoms with Crippen LogP contribution in [0.15, 0.2) is 30.8 Å². The van der Waals surface area contributed by atoms with Gasteiger partial charge in [0.25, 0.3) is 10.0 Å². The average Bonchev–Trinajstić information content (AvgIpc) is 2.26. The summed E-state index contributed by atoms with van der Waals surface area (Å²) in [6, 6.07) is 5.01. The van der Waals surface area contributed by atoms with Gasteiger partial charge in [-0.25, -0.2) is 8.42 Å². The summed E-state index contributed by atoms with van der Waals surface area (Å²) in [6.45, 7) is 3.43. The Bertz CT molecular complexity index is 578. The van der Waals surface area contributed by atoms with E-state index in [1.807, 2.05) is 0 Å². The van der Waals surface area contributed by atoms with Crippen LogP contribution < -0.4 is 4.72 Å². The van der Waals surface area contributed by atoms with Gasteiger partial charge in [-0.3, -0.25) is 4.72 Å². The largest absolute Gasteiger partial charge is 0.396 e. The molecule has 0 bridgehead atoms. The molecule has 0 aliphatic heterocycles. The fourth-order valence-electron chi connectivity index (χ4n) is 1.25. The molecule has 0 spiro atoms. The minimum atomic E-state index is -5.49. The highest BCUT2D eigenvalue weighted by atomic mass is 32.2. The van der Waals surface area contributed by atoms with Crippen molar-refractivity contribution in [3.8, 4) is 0 Å². The van der Waals surface area contributed by atoms with Crippen LogP contribution in [0, 0.1) is 0 Å². The van der Waals surface area contributed by atoms with Gasteiger partial charge < -0.3 is 0 Å². The molecule has 0 saturated heterocycles. The number of alkyl halides is 5. The van der Waals surface area contributed by atoms with Gasteiger partial charge in [-0.1, -0.05) is 24.8 Å². The van der Waals surface area contributed by atoms with Gasteiger partial charge in [-0.2, -0.15) is 22.0 Å². The lowest BCUT2D eigenvalue weighted by molar-refractivity contribution is -0.167.